The van der Waals surface area contributed by atoms with Gasteiger partial charge in [0.1, 0.15) is 0 Å². The number of carbonyl (C=O) groups is 2. The summed E-state index contributed by atoms with van der Waals surface area (Å²) in [5, 5.41) is 7.10. The molecule has 0 bridgehead atoms. The molecule has 0 fully saturated rings. The number of aromatic nitrogens is 4. The molecule has 10 heteroatoms. The van der Waals surface area contributed by atoms with E-state index < -0.39 is 0 Å². The van der Waals surface area contributed by atoms with E-state index in [1.807, 2.05) is 39.0 Å². The highest BCUT2D eigenvalue weighted by atomic mass is 79.9. The van der Waals surface area contributed by atoms with Gasteiger partial charge in [0, 0.05) is 40.4 Å². The number of hydrogen-bond acceptors (Lipinski definition) is 5. The van der Waals surface area contributed by atoms with Crippen molar-refractivity contribution in [2.45, 2.75) is 39.8 Å². The van der Waals surface area contributed by atoms with Gasteiger partial charge in [-0.2, -0.15) is 5.10 Å². The second-order valence-corrected chi connectivity index (χ2v) is 10.3. The van der Waals surface area contributed by atoms with Crippen LogP contribution in [0.25, 0.3) is 11.6 Å². The van der Waals surface area contributed by atoms with Crippen molar-refractivity contribution in [1.82, 2.24) is 29.5 Å². The Kier molecular flexibility index (Phi) is 6.75. The third-order valence-corrected chi connectivity index (χ3v) is 7.69. The molecule has 0 unspecified atom stereocenters. The van der Waals surface area contributed by atoms with Crippen LogP contribution in [0.4, 0.5) is 0 Å². The number of fused-ring (bicyclic) bond motifs is 1. The third kappa shape index (κ3) is 4.56. The first kappa shape index (κ1) is 25.6. The van der Waals surface area contributed by atoms with Crippen LogP contribution in [0, 0.1) is 13.8 Å². The number of nitrogens with one attached hydrogen (secondary N) is 1. The molecule has 194 valence electrons. The Hall–Kier alpha value is -4.05. The van der Waals surface area contributed by atoms with Crippen LogP contribution >= 0.6 is 15.9 Å². The second-order valence-electron chi connectivity index (χ2n) is 9.46. The van der Waals surface area contributed by atoms with E-state index in [4.69, 9.17) is 4.98 Å². The first-order chi connectivity index (χ1) is 18.2. The predicted octanol–water partition coefficient (Wildman–Crippen LogP) is 3.74. The van der Waals surface area contributed by atoms with Gasteiger partial charge in [0.15, 0.2) is 0 Å². The Morgan fingerprint density at radius 3 is 2.39 bits per heavy atom. The van der Waals surface area contributed by atoms with E-state index >= 15 is 0 Å². The van der Waals surface area contributed by atoms with Crippen LogP contribution in [0.5, 0.6) is 0 Å². The molecule has 0 aliphatic carbocycles. The normalized spacial score (nSPS) is 14.8. The lowest BCUT2D eigenvalue weighted by Crippen LogP contribution is -2.46. The van der Waals surface area contributed by atoms with E-state index in [0.717, 1.165) is 15.7 Å². The third-order valence-electron chi connectivity index (χ3n) is 6.80. The van der Waals surface area contributed by atoms with Gasteiger partial charge in [-0.05, 0) is 81.3 Å². The van der Waals surface area contributed by atoms with E-state index in [2.05, 4.69) is 26.3 Å². The van der Waals surface area contributed by atoms with E-state index in [9.17, 15) is 14.4 Å². The molecule has 9 nitrogen and oxygen atoms in total. The smallest absolute Gasteiger partial charge is 0.263 e. The maximum absolute atomic E-state index is 14.0. The van der Waals surface area contributed by atoms with Gasteiger partial charge in [-0.25, -0.2) is 14.2 Å². The molecular weight excluding hydrogens is 548 g/mol. The van der Waals surface area contributed by atoms with Gasteiger partial charge in [0.2, 0.25) is 5.95 Å². The second kappa shape index (κ2) is 10.0. The highest BCUT2D eigenvalue weighted by Crippen LogP contribution is 2.25. The number of nitrogens with zero attached hydrogens (tertiary/aromatic N) is 5. The van der Waals surface area contributed by atoms with E-state index in [-0.39, 0.29) is 30.0 Å². The Morgan fingerprint density at radius 2 is 1.76 bits per heavy atom. The van der Waals surface area contributed by atoms with Crippen LogP contribution in [-0.2, 0) is 13.0 Å². The summed E-state index contributed by atoms with van der Waals surface area (Å²) in [5.74, 6) is -0.00285. The molecule has 1 atom stereocenters. The SMILES string of the molecule is CNC(=O)c1ccc(-n2c(-n3ccc(C)n3)nc3c(c2=O)C[C@@H](C)N(C(=O)c2ccc(Br)c(C)c2)C3)cc1. The van der Waals surface area contributed by atoms with Crippen molar-refractivity contribution >= 4 is 27.7 Å². The first-order valence-electron chi connectivity index (χ1n) is 12.2. The molecule has 2 aromatic carbocycles. The molecule has 0 radical (unpaired) electrons. The lowest BCUT2D eigenvalue weighted by Gasteiger charge is -2.34. The predicted molar refractivity (Wildman–Crippen MR) is 147 cm³/mol. The summed E-state index contributed by atoms with van der Waals surface area (Å²) in [5.41, 5.74) is 4.29. The maximum Gasteiger partial charge on any atom is 0.263 e. The molecule has 2 amide bonds. The number of halogens is 1. The highest BCUT2D eigenvalue weighted by molar-refractivity contribution is 9.10. The fraction of sp³-hybridized carbons (Fsp3) is 0.250. The molecule has 1 aliphatic rings. The zero-order valence-electron chi connectivity index (χ0n) is 21.5. The van der Waals surface area contributed by atoms with Crippen LogP contribution in [0.1, 0.15) is 50.2 Å². The summed E-state index contributed by atoms with van der Waals surface area (Å²) in [6.07, 6.45) is 2.12. The lowest BCUT2D eigenvalue weighted by atomic mass is 9.98. The highest BCUT2D eigenvalue weighted by Gasteiger charge is 2.32. The largest absolute Gasteiger partial charge is 0.355 e. The molecule has 0 saturated carbocycles. The standard InChI is InChI=1S/C28H27BrN6O3/c1-16-13-20(7-10-23(16)29)26(37)33-15-24-22(14-18(33)3)27(38)35(28(31-24)34-12-11-17(2)32-34)21-8-5-19(6-9-21)25(36)30-4/h5-13,18H,14-15H2,1-4H3,(H,30,36)/t18-/m1/s1. The van der Waals surface area contributed by atoms with Gasteiger partial charge in [0.05, 0.1) is 23.6 Å². The Bertz CT molecular complexity index is 1620. The first-order valence-corrected chi connectivity index (χ1v) is 13.0. The number of carbonyl (C=O) groups excluding carboxylic acids is 2. The molecule has 38 heavy (non-hydrogen) atoms. The minimum absolute atomic E-state index is 0.106. The van der Waals surface area contributed by atoms with E-state index in [1.165, 1.54) is 4.57 Å². The van der Waals surface area contributed by atoms with Crippen molar-refractivity contribution in [2.75, 3.05) is 7.05 Å². The zero-order chi connectivity index (χ0) is 27.1. The molecule has 2 aromatic heterocycles. The molecule has 1 N–H and O–H groups in total. The minimum atomic E-state index is -0.218. The topological polar surface area (TPSA) is 102 Å². The summed E-state index contributed by atoms with van der Waals surface area (Å²) in [6.45, 7) is 5.96. The summed E-state index contributed by atoms with van der Waals surface area (Å²) in [7, 11) is 1.57. The molecule has 3 heterocycles. The van der Waals surface area contributed by atoms with Crippen LogP contribution < -0.4 is 10.9 Å². The van der Waals surface area contributed by atoms with Crippen LogP contribution in [0.15, 0.2) is 64.0 Å². The molecule has 5 rings (SSSR count). The lowest BCUT2D eigenvalue weighted by molar-refractivity contribution is 0.0652. The van der Waals surface area contributed by atoms with Gasteiger partial charge in [-0.3, -0.25) is 14.4 Å². The average Bonchev–Trinajstić information content (AvgIpc) is 3.35. The average molecular weight is 575 g/mol. The summed E-state index contributed by atoms with van der Waals surface area (Å²) in [4.78, 5) is 46.1. The Morgan fingerprint density at radius 1 is 1.05 bits per heavy atom. The fourth-order valence-corrected chi connectivity index (χ4v) is 4.93. The molecule has 1 aliphatic heterocycles. The van der Waals surface area contributed by atoms with Gasteiger partial charge in [-0.1, -0.05) is 15.9 Å². The molecule has 0 spiro atoms. The summed E-state index contributed by atoms with van der Waals surface area (Å²) >= 11 is 3.49. The number of amides is 2. The minimum Gasteiger partial charge on any atom is -0.355 e. The quantitative estimate of drug-likeness (QED) is 0.400. The van der Waals surface area contributed by atoms with Crippen LogP contribution in [0.3, 0.4) is 0 Å². The van der Waals surface area contributed by atoms with Crippen molar-refractivity contribution in [2.24, 2.45) is 0 Å². The summed E-state index contributed by atoms with van der Waals surface area (Å²) < 4.78 is 4.02. The van der Waals surface area contributed by atoms with Crippen LogP contribution in [0.2, 0.25) is 0 Å². The maximum atomic E-state index is 14.0. The van der Waals surface area contributed by atoms with Gasteiger partial charge >= 0.3 is 0 Å². The van der Waals surface area contributed by atoms with Crippen molar-refractivity contribution in [3.63, 3.8) is 0 Å². The number of rotatable bonds is 4. The van der Waals surface area contributed by atoms with Crippen molar-refractivity contribution in [3.05, 3.63) is 103 Å². The fourth-order valence-electron chi connectivity index (χ4n) is 4.68. The summed E-state index contributed by atoms with van der Waals surface area (Å²) in [6, 6.07) is 13.9. The molecular formula is C28H27BrN6O3. The number of aryl methyl sites for hydroxylation is 2. The van der Waals surface area contributed by atoms with Crippen molar-refractivity contribution in [3.8, 4) is 11.6 Å². The van der Waals surface area contributed by atoms with Gasteiger partial charge in [-0.15, -0.1) is 0 Å². The molecule has 4 aromatic rings. The van der Waals surface area contributed by atoms with Crippen LogP contribution in [-0.4, -0.2) is 49.1 Å². The monoisotopic (exact) mass is 574 g/mol. The Labute approximate surface area is 228 Å². The van der Waals surface area contributed by atoms with Crippen molar-refractivity contribution in [1.29, 1.82) is 0 Å². The van der Waals surface area contributed by atoms with Gasteiger partial charge < -0.3 is 10.2 Å². The van der Waals surface area contributed by atoms with Gasteiger partial charge in [0.25, 0.3) is 17.4 Å². The number of hydrogen-bond donors (Lipinski definition) is 1. The number of benzene rings is 2. The zero-order valence-corrected chi connectivity index (χ0v) is 23.1. The Balaban J connectivity index is 1.61. The van der Waals surface area contributed by atoms with E-state index in [0.29, 0.717) is 40.4 Å². The molecule has 0 saturated heterocycles. The van der Waals surface area contributed by atoms with Crippen molar-refractivity contribution < 1.29 is 9.59 Å². The van der Waals surface area contributed by atoms with E-state index in [1.54, 1.807) is 53.2 Å².